The summed E-state index contributed by atoms with van der Waals surface area (Å²) in [5.41, 5.74) is 3.00. The molecular formula is C16H15ClN2O. The number of para-hydroxylation sites is 2. The molecular weight excluding hydrogens is 272 g/mol. The van der Waals surface area contributed by atoms with E-state index in [1.807, 2.05) is 53.1 Å². The molecule has 0 aliphatic rings. The molecule has 4 heteroatoms. The fraction of sp³-hybridized carbons (Fsp3) is 0.188. The highest BCUT2D eigenvalue weighted by molar-refractivity contribution is 6.30. The van der Waals surface area contributed by atoms with Crippen LogP contribution < -0.4 is 0 Å². The number of fused-ring (bicyclic) bond motifs is 1. The van der Waals surface area contributed by atoms with E-state index >= 15 is 0 Å². The summed E-state index contributed by atoms with van der Waals surface area (Å²) in [6.45, 7) is 2.37. The van der Waals surface area contributed by atoms with E-state index in [4.69, 9.17) is 11.6 Å². The highest BCUT2D eigenvalue weighted by Crippen LogP contribution is 2.22. The van der Waals surface area contributed by atoms with Crippen molar-refractivity contribution in [2.24, 2.45) is 0 Å². The summed E-state index contributed by atoms with van der Waals surface area (Å²) >= 11 is 6.03. The van der Waals surface area contributed by atoms with Gasteiger partial charge in [-0.15, -0.1) is 0 Å². The molecule has 0 aliphatic heterocycles. The predicted octanol–water partition coefficient (Wildman–Crippen LogP) is 3.79. The summed E-state index contributed by atoms with van der Waals surface area (Å²) in [5, 5.41) is 10.6. The van der Waals surface area contributed by atoms with Crippen LogP contribution in [0, 0.1) is 0 Å². The van der Waals surface area contributed by atoms with Gasteiger partial charge >= 0.3 is 0 Å². The fourth-order valence-corrected chi connectivity index (χ4v) is 2.61. The van der Waals surface area contributed by atoms with Gasteiger partial charge in [0.05, 0.1) is 11.0 Å². The number of rotatable bonds is 3. The molecule has 0 fully saturated rings. The van der Waals surface area contributed by atoms with Crippen molar-refractivity contribution in [2.75, 3.05) is 0 Å². The number of aliphatic hydroxyl groups is 1. The largest absolute Gasteiger partial charge is 0.385 e. The van der Waals surface area contributed by atoms with Gasteiger partial charge in [0.25, 0.3) is 0 Å². The lowest BCUT2D eigenvalue weighted by atomic mass is 10.2. The Balaban J connectivity index is 2.11. The van der Waals surface area contributed by atoms with Crippen molar-refractivity contribution < 1.29 is 5.11 Å². The first-order valence-corrected chi connectivity index (χ1v) is 6.90. The number of aromatic nitrogens is 2. The van der Waals surface area contributed by atoms with Gasteiger partial charge < -0.3 is 9.67 Å². The van der Waals surface area contributed by atoms with Crippen molar-refractivity contribution in [2.45, 2.75) is 19.6 Å². The van der Waals surface area contributed by atoms with E-state index in [2.05, 4.69) is 4.98 Å². The van der Waals surface area contributed by atoms with Crippen LogP contribution in [0.2, 0.25) is 5.02 Å². The lowest BCUT2D eigenvalue weighted by Crippen LogP contribution is -2.07. The molecule has 3 nitrogen and oxygen atoms in total. The first-order chi connectivity index (χ1) is 9.65. The van der Waals surface area contributed by atoms with E-state index in [0.717, 1.165) is 16.6 Å². The summed E-state index contributed by atoms with van der Waals surface area (Å²) in [6.07, 6.45) is -0.610. The van der Waals surface area contributed by atoms with Gasteiger partial charge in [-0.25, -0.2) is 4.98 Å². The molecule has 0 saturated heterocycles. The van der Waals surface area contributed by atoms with Crippen LogP contribution in [0.15, 0.2) is 48.5 Å². The van der Waals surface area contributed by atoms with E-state index in [1.165, 1.54) is 0 Å². The van der Waals surface area contributed by atoms with E-state index in [9.17, 15) is 5.11 Å². The maximum Gasteiger partial charge on any atom is 0.138 e. The van der Waals surface area contributed by atoms with Gasteiger partial charge in [0.2, 0.25) is 0 Å². The lowest BCUT2D eigenvalue weighted by molar-refractivity contribution is 0.185. The quantitative estimate of drug-likeness (QED) is 0.795. The second-order valence-corrected chi connectivity index (χ2v) is 5.29. The van der Waals surface area contributed by atoms with Crippen LogP contribution >= 0.6 is 11.6 Å². The molecule has 1 heterocycles. The Morgan fingerprint density at radius 1 is 1.20 bits per heavy atom. The molecule has 102 valence electrons. The number of hydrogen-bond donors (Lipinski definition) is 1. The Labute approximate surface area is 122 Å². The highest BCUT2D eigenvalue weighted by Gasteiger charge is 2.14. The SMILES string of the molecule is C[C@@H](O)c1nc2ccccc2n1Cc1cccc(Cl)c1. The van der Waals surface area contributed by atoms with Gasteiger partial charge in [-0.2, -0.15) is 0 Å². The zero-order valence-corrected chi connectivity index (χ0v) is 11.9. The predicted molar refractivity (Wildman–Crippen MR) is 80.9 cm³/mol. The molecule has 0 spiro atoms. The zero-order chi connectivity index (χ0) is 14.1. The maximum absolute atomic E-state index is 9.93. The van der Waals surface area contributed by atoms with Gasteiger partial charge in [0.15, 0.2) is 0 Å². The third kappa shape index (κ3) is 2.42. The van der Waals surface area contributed by atoms with Crippen LogP contribution in [0.4, 0.5) is 0 Å². The van der Waals surface area contributed by atoms with Crippen LogP contribution in [-0.2, 0) is 6.54 Å². The van der Waals surface area contributed by atoms with E-state index < -0.39 is 6.10 Å². The monoisotopic (exact) mass is 286 g/mol. The van der Waals surface area contributed by atoms with Crippen LogP contribution in [0.5, 0.6) is 0 Å². The summed E-state index contributed by atoms with van der Waals surface area (Å²) in [4.78, 5) is 4.51. The summed E-state index contributed by atoms with van der Waals surface area (Å²) < 4.78 is 2.03. The molecule has 0 unspecified atom stereocenters. The van der Waals surface area contributed by atoms with E-state index in [0.29, 0.717) is 17.4 Å². The first-order valence-electron chi connectivity index (χ1n) is 6.53. The summed E-state index contributed by atoms with van der Waals surface area (Å²) in [6, 6.07) is 15.6. The van der Waals surface area contributed by atoms with Crippen molar-refractivity contribution in [3.63, 3.8) is 0 Å². The first kappa shape index (κ1) is 13.2. The molecule has 0 aliphatic carbocycles. The Morgan fingerprint density at radius 2 is 2.00 bits per heavy atom. The van der Waals surface area contributed by atoms with Crippen LogP contribution in [0.1, 0.15) is 24.4 Å². The molecule has 2 aromatic carbocycles. The topological polar surface area (TPSA) is 38.1 Å². The van der Waals surface area contributed by atoms with Crippen molar-refractivity contribution >= 4 is 22.6 Å². The van der Waals surface area contributed by atoms with Crippen molar-refractivity contribution in [1.82, 2.24) is 9.55 Å². The Bertz CT molecular complexity index is 749. The molecule has 0 amide bonds. The second kappa shape index (κ2) is 5.27. The third-order valence-electron chi connectivity index (χ3n) is 3.29. The normalized spacial score (nSPS) is 12.8. The minimum Gasteiger partial charge on any atom is -0.385 e. The number of benzene rings is 2. The lowest BCUT2D eigenvalue weighted by Gasteiger charge is -2.11. The smallest absolute Gasteiger partial charge is 0.138 e. The molecule has 1 atom stereocenters. The van der Waals surface area contributed by atoms with Crippen LogP contribution in [0.25, 0.3) is 11.0 Å². The fourth-order valence-electron chi connectivity index (χ4n) is 2.40. The Hall–Kier alpha value is -1.84. The summed E-state index contributed by atoms with van der Waals surface area (Å²) in [5.74, 6) is 0.672. The van der Waals surface area contributed by atoms with Crippen molar-refractivity contribution in [3.05, 3.63) is 64.9 Å². The molecule has 20 heavy (non-hydrogen) atoms. The minimum atomic E-state index is -0.610. The number of halogens is 1. The molecule has 0 saturated carbocycles. The van der Waals surface area contributed by atoms with E-state index in [1.54, 1.807) is 6.92 Å². The van der Waals surface area contributed by atoms with Gasteiger partial charge in [0.1, 0.15) is 11.9 Å². The van der Waals surface area contributed by atoms with Crippen molar-refractivity contribution in [3.8, 4) is 0 Å². The zero-order valence-electron chi connectivity index (χ0n) is 11.1. The highest BCUT2D eigenvalue weighted by atomic mass is 35.5. The minimum absolute atomic E-state index is 0.610. The maximum atomic E-state index is 9.93. The molecule has 0 bridgehead atoms. The van der Waals surface area contributed by atoms with E-state index in [-0.39, 0.29) is 0 Å². The van der Waals surface area contributed by atoms with Gasteiger partial charge in [-0.05, 0) is 36.8 Å². The molecule has 0 radical (unpaired) electrons. The van der Waals surface area contributed by atoms with Gasteiger partial charge in [-0.3, -0.25) is 0 Å². The van der Waals surface area contributed by atoms with Gasteiger partial charge in [0, 0.05) is 11.6 Å². The van der Waals surface area contributed by atoms with Crippen LogP contribution in [0.3, 0.4) is 0 Å². The average molecular weight is 287 g/mol. The molecule has 3 rings (SSSR count). The van der Waals surface area contributed by atoms with Crippen molar-refractivity contribution in [1.29, 1.82) is 0 Å². The second-order valence-electron chi connectivity index (χ2n) is 4.85. The molecule has 1 N–H and O–H groups in total. The van der Waals surface area contributed by atoms with Crippen LogP contribution in [-0.4, -0.2) is 14.7 Å². The Morgan fingerprint density at radius 3 is 2.75 bits per heavy atom. The number of nitrogens with zero attached hydrogens (tertiary/aromatic N) is 2. The number of aliphatic hydroxyl groups excluding tert-OH is 1. The average Bonchev–Trinajstić information content (AvgIpc) is 2.78. The standard InChI is InChI=1S/C16H15ClN2O/c1-11(20)16-18-14-7-2-3-8-15(14)19(16)10-12-5-4-6-13(17)9-12/h2-9,11,20H,10H2,1H3/t11-/m1/s1. The van der Waals surface area contributed by atoms with Gasteiger partial charge in [-0.1, -0.05) is 35.9 Å². The number of imidazole rings is 1. The third-order valence-corrected chi connectivity index (χ3v) is 3.52. The Kier molecular flexibility index (Phi) is 3.47. The molecule has 3 aromatic rings. The molecule has 1 aromatic heterocycles. The summed E-state index contributed by atoms with van der Waals surface area (Å²) in [7, 11) is 0. The number of hydrogen-bond acceptors (Lipinski definition) is 2.